The summed E-state index contributed by atoms with van der Waals surface area (Å²) in [7, 11) is 0. The SMILES string of the molecule is CC1(CNCc2nc3c(s2)CCC3)CCC1. The normalized spacial score (nSPS) is 21.8. The molecule has 0 unspecified atom stereocenters. The van der Waals surface area contributed by atoms with E-state index >= 15 is 0 Å². The van der Waals surface area contributed by atoms with E-state index in [1.807, 2.05) is 11.3 Å². The molecule has 1 N–H and O–H groups in total. The monoisotopic (exact) mass is 236 g/mol. The second-order valence-electron chi connectivity index (χ2n) is 5.60. The summed E-state index contributed by atoms with van der Waals surface area (Å²) in [6.45, 7) is 4.54. The first kappa shape index (κ1) is 10.7. The third kappa shape index (κ3) is 2.03. The van der Waals surface area contributed by atoms with Crippen molar-refractivity contribution in [2.24, 2.45) is 5.41 Å². The molecule has 88 valence electrons. The summed E-state index contributed by atoms with van der Waals surface area (Å²) in [5, 5.41) is 4.88. The van der Waals surface area contributed by atoms with Crippen LogP contribution in [-0.4, -0.2) is 11.5 Å². The number of nitrogens with one attached hydrogen (secondary N) is 1. The van der Waals surface area contributed by atoms with Gasteiger partial charge in [0.1, 0.15) is 5.01 Å². The number of hydrogen-bond acceptors (Lipinski definition) is 3. The fourth-order valence-corrected chi connectivity index (χ4v) is 3.87. The Morgan fingerprint density at radius 2 is 2.19 bits per heavy atom. The van der Waals surface area contributed by atoms with E-state index in [0.29, 0.717) is 5.41 Å². The predicted octanol–water partition coefficient (Wildman–Crippen LogP) is 2.91. The van der Waals surface area contributed by atoms with E-state index in [1.54, 1.807) is 4.88 Å². The lowest BCUT2D eigenvalue weighted by Crippen LogP contribution is -2.36. The Labute approximate surface area is 101 Å². The third-order valence-corrected chi connectivity index (χ3v) is 5.19. The molecule has 3 heteroatoms. The van der Waals surface area contributed by atoms with E-state index in [0.717, 1.165) is 13.1 Å². The molecule has 0 aromatic carbocycles. The van der Waals surface area contributed by atoms with Gasteiger partial charge in [0.25, 0.3) is 0 Å². The number of fused-ring (bicyclic) bond motifs is 1. The standard InChI is InChI=1S/C13H20N2S/c1-13(6-3-7-13)9-14-8-12-15-10-4-2-5-11(10)16-12/h14H,2-9H2,1H3. The largest absolute Gasteiger partial charge is 0.310 e. The van der Waals surface area contributed by atoms with Gasteiger partial charge in [-0.15, -0.1) is 11.3 Å². The summed E-state index contributed by atoms with van der Waals surface area (Å²) in [5.74, 6) is 0. The summed E-state index contributed by atoms with van der Waals surface area (Å²) < 4.78 is 0. The molecular weight excluding hydrogens is 216 g/mol. The van der Waals surface area contributed by atoms with Crippen molar-refractivity contribution in [2.75, 3.05) is 6.54 Å². The molecule has 0 spiro atoms. The number of aromatic nitrogens is 1. The number of hydrogen-bond donors (Lipinski definition) is 1. The molecule has 0 aliphatic heterocycles. The lowest BCUT2D eigenvalue weighted by Gasteiger charge is -2.38. The van der Waals surface area contributed by atoms with Crippen LogP contribution in [0.4, 0.5) is 0 Å². The molecule has 16 heavy (non-hydrogen) atoms. The first-order chi connectivity index (χ1) is 7.75. The molecule has 1 saturated carbocycles. The maximum atomic E-state index is 4.71. The van der Waals surface area contributed by atoms with Gasteiger partial charge in [0, 0.05) is 18.0 Å². The summed E-state index contributed by atoms with van der Waals surface area (Å²) in [4.78, 5) is 6.26. The van der Waals surface area contributed by atoms with Crippen LogP contribution in [0.2, 0.25) is 0 Å². The van der Waals surface area contributed by atoms with Gasteiger partial charge in [-0.1, -0.05) is 13.3 Å². The third-order valence-electron chi connectivity index (χ3n) is 4.03. The summed E-state index contributed by atoms with van der Waals surface area (Å²) >= 11 is 1.92. The Hall–Kier alpha value is -0.410. The van der Waals surface area contributed by atoms with Crippen molar-refractivity contribution in [3.63, 3.8) is 0 Å². The van der Waals surface area contributed by atoms with E-state index < -0.39 is 0 Å². The fourth-order valence-electron chi connectivity index (χ4n) is 2.75. The maximum Gasteiger partial charge on any atom is 0.107 e. The van der Waals surface area contributed by atoms with E-state index in [-0.39, 0.29) is 0 Å². The molecule has 2 nitrogen and oxygen atoms in total. The van der Waals surface area contributed by atoms with Gasteiger partial charge in [-0.3, -0.25) is 0 Å². The number of rotatable bonds is 4. The van der Waals surface area contributed by atoms with E-state index in [4.69, 9.17) is 4.98 Å². The van der Waals surface area contributed by atoms with Crippen molar-refractivity contribution in [1.82, 2.24) is 10.3 Å². The average Bonchev–Trinajstić information content (AvgIpc) is 2.75. The quantitative estimate of drug-likeness (QED) is 0.869. The van der Waals surface area contributed by atoms with Gasteiger partial charge in [-0.25, -0.2) is 4.98 Å². The molecular formula is C13H20N2S. The molecule has 0 bridgehead atoms. The smallest absolute Gasteiger partial charge is 0.107 e. The van der Waals surface area contributed by atoms with Crippen LogP contribution in [0.5, 0.6) is 0 Å². The van der Waals surface area contributed by atoms with E-state index in [2.05, 4.69) is 12.2 Å². The molecule has 2 aliphatic rings. The zero-order valence-corrected chi connectivity index (χ0v) is 10.8. The van der Waals surface area contributed by atoms with Crippen LogP contribution in [0.25, 0.3) is 0 Å². The number of nitrogens with zero attached hydrogens (tertiary/aromatic N) is 1. The highest BCUT2D eigenvalue weighted by Gasteiger charge is 2.31. The first-order valence-corrected chi connectivity index (χ1v) is 7.25. The van der Waals surface area contributed by atoms with Gasteiger partial charge >= 0.3 is 0 Å². The van der Waals surface area contributed by atoms with E-state index in [9.17, 15) is 0 Å². The first-order valence-electron chi connectivity index (χ1n) is 6.43. The van der Waals surface area contributed by atoms with Crippen molar-refractivity contribution in [3.8, 4) is 0 Å². The highest BCUT2D eigenvalue weighted by atomic mass is 32.1. The fraction of sp³-hybridized carbons (Fsp3) is 0.769. The second kappa shape index (κ2) is 4.11. The molecule has 0 saturated heterocycles. The topological polar surface area (TPSA) is 24.9 Å². The summed E-state index contributed by atoms with van der Waals surface area (Å²) in [6, 6.07) is 0. The summed E-state index contributed by atoms with van der Waals surface area (Å²) in [5.41, 5.74) is 1.97. The Kier molecular flexibility index (Phi) is 2.76. The lowest BCUT2D eigenvalue weighted by atomic mass is 9.70. The molecule has 0 atom stereocenters. The minimum absolute atomic E-state index is 0.583. The Balaban J connectivity index is 1.51. The van der Waals surface area contributed by atoms with E-state index in [1.165, 1.54) is 49.2 Å². The van der Waals surface area contributed by atoms with Crippen molar-refractivity contribution < 1.29 is 0 Å². The minimum Gasteiger partial charge on any atom is -0.310 e. The zero-order chi connectivity index (χ0) is 11.0. The highest BCUT2D eigenvalue weighted by molar-refractivity contribution is 7.11. The molecule has 1 aromatic heterocycles. The van der Waals surface area contributed by atoms with Crippen LogP contribution in [0, 0.1) is 5.41 Å². The van der Waals surface area contributed by atoms with Crippen molar-refractivity contribution >= 4 is 11.3 Å². The van der Waals surface area contributed by atoms with Gasteiger partial charge in [-0.05, 0) is 37.5 Å². The minimum atomic E-state index is 0.583. The highest BCUT2D eigenvalue weighted by Crippen LogP contribution is 2.39. The van der Waals surface area contributed by atoms with Gasteiger partial charge < -0.3 is 5.32 Å². The zero-order valence-electron chi connectivity index (χ0n) is 10.0. The number of thiazole rings is 1. The maximum absolute atomic E-state index is 4.71. The molecule has 2 aliphatic carbocycles. The van der Waals surface area contributed by atoms with Crippen LogP contribution >= 0.6 is 11.3 Å². The molecule has 1 aromatic rings. The van der Waals surface area contributed by atoms with Crippen LogP contribution in [0.3, 0.4) is 0 Å². The van der Waals surface area contributed by atoms with Crippen molar-refractivity contribution in [3.05, 3.63) is 15.6 Å². The second-order valence-corrected chi connectivity index (χ2v) is 6.77. The Bertz CT molecular complexity index is 358. The van der Waals surface area contributed by atoms with Crippen molar-refractivity contribution in [1.29, 1.82) is 0 Å². The Morgan fingerprint density at radius 3 is 2.88 bits per heavy atom. The molecule has 0 radical (unpaired) electrons. The van der Waals surface area contributed by atoms with Crippen LogP contribution < -0.4 is 5.32 Å². The van der Waals surface area contributed by atoms with Gasteiger partial charge in [-0.2, -0.15) is 0 Å². The van der Waals surface area contributed by atoms with Crippen molar-refractivity contribution in [2.45, 2.75) is 52.0 Å². The molecule has 0 amide bonds. The molecule has 1 fully saturated rings. The van der Waals surface area contributed by atoms with Gasteiger partial charge in [0.15, 0.2) is 0 Å². The van der Waals surface area contributed by atoms with Gasteiger partial charge in [0.2, 0.25) is 0 Å². The molecule has 3 rings (SSSR count). The average molecular weight is 236 g/mol. The number of aryl methyl sites for hydroxylation is 2. The van der Waals surface area contributed by atoms with Gasteiger partial charge in [0.05, 0.1) is 5.69 Å². The Morgan fingerprint density at radius 1 is 1.31 bits per heavy atom. The predicted molar refractivity (Wildman–Crippen MR) is 67.8 cm³/mol. The van der Waals surface area contributed by atoms with Crippen LogP contribution in [0.15, 0.2) is 0 Å². The van der Waals surface area contributed by atoms with Crippen LogP contribution in [-0.2, 0) is 19.4 Å². The lowest BCUT2D eigenvalue weighted by molar-refractivity contribution is 0.156. The van der Waals surface area contributed by atoms with Crippen LogP contribution in [0.1, 0.15) is 48.2 Å². The summed E-state index contributed by atoms with van der Waals surface area (Å²) in [6.07, 6.45) is 8.01. The molecule has 1 heterocycles.